The molecule has 1 amide bonds. The number of nitrogens with two attached hydrogens (primary N) is 1. The predicted molar refractivity (Wildman–Crippen MR) is 101 cm³/mol. The van der Waals surface area contributed by atoms with E-state index in [9.17, 15) is 4.79 Å². The number of thioether (sulfide) groups is 1. The Morgan fingerprint density at radius 3 is 2.62 bits per heavy atom. The second kappa shape index (κ2) is 8.14. The van der Waals surface area contributed by atoms with Gasteiger partial charge in [0.25, 0.3) is 5.91 Å². The number of carbonyl (C=O) groups is 1. The highest BCUT2D eigenvalue weighted by molar-refractivity contribution is 7.98. The number of amides is 1. The molecule has 1 aliphatic rings. The van der Waals surface area contributed by atoms with E-state index in [1.165, 1.54) is 0 Å². The molecule has 0 spiro atoms. The van der Waals surface area contributed by atoms with Crippen LogP contribution in [0.4, 0.5) is 0 Å². The van der Waals surface area contributed by atoms with Crippen molar-refractivity contribution < 1.29 is 4.79 Å². The maximum atomic E-state index is 12.3. The first-order valence-corrected chi connectivity index (χ1v) is 10.2. The molecule has 3 N–H and O–H groups in total. The fourth-order valence-electron chi connectivity index (χ4n) is 2.87. The molecule has 1 aromatic heterocycles. The molecule has 0 saturated heterocycles. The first-order valence-electron chi connectivity index (χ1n) is 8.30. The largest absolute Gasteiger partial charge is 0.349 e. The van der Waals surface area contributed by atoms with Crippen molar-refractivity contribution in [3.05, 3.63) is 45.9 Å². The van der Waals surface area contributed by atoms with Crippen LogP contribution in [0, 0.1) is 6.92 Å². The Morgan fingerprint density at radius 2 is 2.00 bits per heavy atom. The summed E-state index contributed by atoms with van der Waals surface area (Å²) in [6, 6.07) is 8.39. The number of carbonyl (C=O) groups excluding carboxylic acids is 1. The third-order valence-corrected chi connectivity index (χ3v) is 6.14. The minimum atomic E-state index is 0.0159. The van der Waals surface area contributed by atoms with E-state index < -0.39 is 0 Å². The first kappa shape index (κ1) is 17.5. The van der Waals surface area contributed by atoms with Gasteiger partial charge in [0, 0.05) is 33.7 Å². The first-order chi connectivity index (χ1) is 11.6. The van der Waals surface area contributed by atoms with Crippen molar-refractivity contribution in [1.82, 2.24) is 10.3 Å². The lowest BCUT2D eigenvalue weighted by Crippen LogP contribution is -2.40. The fourth-order valence-corrected chi connectivity index (χ4v) is 4.38. The highest BCUT2D eigenvalue weighted by Gasteiger charge is 2.20. The van der Waals surface area contributed by atoms with E-state index >= 15 is 0 Å². The number of nitrogens with zero attached hydrogens (tertiary/aromatic N) is 1. The Kier molecular flexibility index (Phi) is 5.92. The Balaban J connectivity index is 1.51. The lowest BCUT2D eigenvalue weighted by molar-refractivity contribution is 0.0926. The molecule has 2 aromatic rings. The summed E-state index contributed by atoms with van der Waals surface area (Å²) in [6.45, 7) is 2.02. The second-order valence-corrected chi connectivity index (χ2v) is 8.37. The maximum Gasteiger partial charge on any atom is 0.251 e. The molecule has 1 heterocycles. The number of rotatable bonds is 5. The van der Waals surface area contributed by atoms with E-state index in [1.54, 1.807) is 23.1 Å². The molecule has 4 nitrogen and oxygen atoms in total. The average Bonchev–Trinajstić information content (AvgIpc) is 3.01. The summed E-state index contributed by atoms with van der Waals surface area (Å²) in [6.07, 6.45) is 3.95. The maximum absolute atomic E-state index is 12.3. The Labute approximate surface area is 151 Å². The van der Waals surface area contributed by atoms with Gasteiger partial charge in [-0.05, 0) is 56.9 Å². The number of thiazole rings is 1. The Bertz CT molecular complexity index is 676. The summed E-state index contributed by atoms with van der Waals surface area (Å²) >= 11 is 3.42. The summed E-state index contributed by atoms with van der Waals surface area (Å²) in [4.78, 5) is 18.0. The van der Waals surface area contributed by atoms with Crippen molar-refractivity contribution in [2.75, 3.05) is 0 Å². The summed E-state index contributed by atoms with van der Waals surface area (Å²) in [5.41, 5.74) is 7.74. The minimum absolute atomic E-state index is 0.0159. The molecule has 1 saturated carbocycles. The van der Waals surface area contributed by atoms with Crippen molar-refractivity contribution in [1.29, 1.82) is 0 Å². The van der Waals surface area contributed by atoms with Gasteiger partial charge < -0.3 is 11.1 Å². The van der Waals surface area contributed by atoms with Gasteiger partial charge in [-0.3, -0.25) is 4.79 Å². The zero-order valence-corrected chi connectivity index (χ0v) is 15.5. The van der Waals surface area contributed by atoms with Crippen molar-refractivity contribution in [2.24, 2.45) is 5.73 Å². The molecule has 1 aromatic carbocycles. The lowest BCUT2D eigenvalue weighted by atomic mass is 9.91. The van der Waals surface area contributed by atoms with Crippen LogP contribution in [0.1, 0.15) is 46.7 Å². The van der Waals surface area contributed by atoms with Gasteiger partial charge in [-0.15, -0.1) is 23.1 Å². The molecule has 0 aliphatic heterocycles. The van der Waals surface area contributed by atoms with E-state index in [-0.39, 0.29) is 11.9 Å². The van der Waals surface area contributed by atoms with E-state index in [4.69, 9.17) is 5.73 Å². The molecule has 1 fully saturated rings. The smallest absolute Gasteiger partial charge is 0.251 e. The SMILES string of the molecule is Cc1nc(CSc2ccc(C(=O)NC3CCC(N)CC3)cc2)cs1. The van der Waals surface area contributed by atoms with Gasteiger partial charge in [0.15, 0.2) is 0 Å². The second-order valence-electron chi connectivity index (χ2n) is 6.26. The summed E-state index contributed by atoms with van der Waals surface area (Å²) < 4.78 is 0. The zero-order chi connectivity index (χ0) is 16.9. The standard InChI is InChI=1S/C18H23N3OS2/c1-12-20-16(10-23-12)11-24-17-8-2-13(3-9-17)18(22)21-15-6-4-14(19)5-7-15/h2-3,8-10,14-15H,4-7,11,19H2,1H3,(H,21,22). The van der Waals surface area contributed by atoms with Gasteiger partial charge in [-0.25, -0.2) is 4.98 Å². The van der Waals surface area contributed by atoms with E-state index in [1.807, 2.05) is 31.2 Å². The van der Waals surface area contributed by atoms with Crippen LogP contribution in [0.15, 0.2) is 34.5 Å². The topological polar surface area (TPSA) is 68.0 Å². The van der Waals surface area contributed by atoms with Crippen LogP contribution in [-0.4, -0.2) is 23.0 Å². The van der Waals surface area contributed by atoms with Crippen LogP contribution in [0.5, 0.6) is 0 Å². The molecule has 0 radical (unpaired) electrons. The average molecular weight is 362 g/mol. The van der Waals surface area contributed by atoms with Crippen LogP contribution in [0.3, 0.4) is 0 Å². The Hall–Kier alpha value is -1.37. The quantitative estimate of drug-likeness (QED) is 0.796. The van der Waals surface area contributed by atoms with Crippen LogP contribution < -0.4 is 11.1 Å². The summed E-state index contributed by atoms with van der Waals surface area (Å²) in [5.74, 6) is 0.875. The number of aromatic nitrogens is 1. The highest BCUT2D eigenvalue weighted by atomic mass is 32.2. The predicted octanol–water partition coefficient (Wildman–Crippen LogP) is 3.74. The highest BCUT2D eigenvalue weighted by Crippen LogP contribution is 2.24. The van der Waals surface area contributed by atoms with Crippen LogP contribution in [0.2, 0.25) is 0 Å². The van der Waals surface area contributed by atoms with Crippen LogP contribution in [-0.2, 0) is 5.75 Å². The molecule has 1 aliphatic carbocycles. The minimum Gasteiger partial charge on any atom is -0.349 e. The molecule has 128 valence electrons. The van der Waals surface area contributed by atoms with E-state index in [0.717, 1.165) is 52.6 Å². The van der Waals surface area contributed by atoms with Gasteiger partial charge in [-0.2, -0.15) is 0 Å². The van der Waals surface area contributed by atoms with Crippen LogP contribution in [0.25, 0.3) is 0 Å². The molecule has 3 rings (SSSR count). The molecule has 0 bridgehead atoms. The van der Waals surface area contributed by atoms with Crippen LogP contribution >= 0.6 is 23.1 Å². The van der Waals surface area contributed by atoms with Crippen molar-refractivity contribution in [2.45, 2.75) is 55.3 Å². The van der Waals surface area contributed by atoms with Gasteiger partial charge >= 0.3 is 0 Å². The zero-order valence-electron chi connectivity index (χ0n) is 13.8. The third-order valence-electron chi connectivity index (χ3n) is 4.28. The van der Waals surface area contributed by atoms with Crippen molar-refractivity contribution in [3.8, 4) is 0 Å². The van der Waals surface area contributed by atoms with E-state index in [0.29, 0.717) is 6.04 Å². The number of hydrogen-bond acceptors (Lipinski definition) is 5. The molecule has 6 heteroatoms. The molecule has 0 atom stereocenters. The van der Waals surface area contributed by atoms with E-state index in [2.05, 4.69) is 15.7 Å². The monoisotopic (exact) mass is 361 g/mol. The number of nitrogens with one attached hydrogen (secondary N) is 1. The Morgan fingerprint density at radius 1 is 1.29 bits per heavy atom. The summed E-state index contributed by atoms with van der Waals surface area (Å²) in [7, 11) is 0. The van der Waals surface area contributed by atoms with Crippen molar-refractivity contribution in [3.63, 3.8) is 0 Å². The normalized spacial score (nSPS) is 20.8. The number of hydrogen-bond donors (Lipinski definition) is 2. The fraction of sp³-hybridized carbons (Fsp3) is 0.444. The third kappa shape index (κ3) is 4.82. The number of aryl methyl sites for hydroxylation is 1. The van der Waals surface area contributed by atoms with Gasteiger partial charge in [0.1, 0.15) is 0 Å². The lowest BCUT2D eigenvalue weighted by Gasteiger charge is -2.26. The van der Waals surface area contributed by atoms with Gasteiger partial charge in [-0.1, -0.05) is 0 Å². The van der Waals surface area contributed by atoms with Crippen molar-refractivity contribution >= 4 is 29.0 Å². The molecule has 0 unspecified atom stereocenters. The summed E-state index contributed by atoms with van der Waals surface area (Å²) in [5, 5.41) is 6.32. The van der Waals surface area contributed by atoms with Gasteiger partial charge in [0.2, 0.25) is 0 Å². The molecular weight excluding hydrogens is 338 g/mol. The van der Waals surface area contributed by atoms with Gasteiger partial charge in [0.05, 0.1) is 10.7 Å². The molecule has 24 heavy (non-hydrogen) atoms. The number of benzene rings is 1. The molecular formula is C18H23N3OS2.